The summed E-state index contributed by atoms with van der Waals surface area (Å²) in [6.07, 6.45) is 0.287. The van der Waals surface area contributed by atoms with Crippen molar-refractivity contribution in [3.05, 3.63) is 59.9 Å². The van der Waals surface area contributed by atoms with Crippen molar-refractivity contribution in [2.45, 2.75) is 32.2 Å². The molecule has 0 aliphatic rings. The van der Waals surface area contributed by atoms with Gasteiger partial charge in [0.1, 0.15) is 11.9 Å². The van der Waals surface area contributed by atoms with Crippen LogP contribution in [0.25, 0.3) is 11.1 Å². The number of nitrogens with one attached hydrogen (secondary N) is 1. The number of carboxylic acids is 1. The lowest BCUT2D eigenvalue weighted by Crippen LogP contribution is -2.42. The smallest absolute Gasteiger partial charge is 0.326 e. The summed E-state index contributed by atoms with van der Waals surface area (Å²) in [5, 5.41) is 11.5. The van der Waals surface area contributed by atoms with Crippen molar-refractivity contribution in [3.63, 3.8) is 0 Å². The number of carbonyl (C=O) groups is 2. The highest BCUT2D eigenvalue weighted by Gasteiger charge is 2.23. The Hall–Kier alpha value is -2.69. The molecule has 5 heteroatoms. The van der Waals surface area contributed by atoms with E-state index in [1.54, 1.807) is 26.0 Å². The monoisotopic (exact) mass is 329 g/mol. The third-order valence-corrected chi connectivity index (χ3v) is 3.99. The van der Waals surface area contributed by atoms with Crippen LogP contribution in [0, 0.1) is 5.82 Å². The van der Waals surface area contributed by atoms with Crippen molar-refractivity contribution >= 4 is 11.9 Å². The normalized spacial score (nSPS) is 13.1. The Morgan fingerprint density at radius 2 is 1.83 bits per heavy atom. The molecular weight excluding hydrogens is 309 g/mol. The number of hydrogen-bond donors (Lipinski definition) is 2. The van der Waals surface area contributed by atoms with E-state index in [2.05, 4.69) is 5.32 Å². The molecule has 24 heavy (non-hydrogen) atoms. The number of hydrogen-bond acceptors (Lipinski definition) is 2. The van der Waals surface area contributed by atoms with Gasteiger partial charge in [0.15, 0.2) is 0 Å². The molecule has 2 aromatic carbocycles. The third kappa shape index (κ3) is 3.98. The molecule has 2 aromatic rings. The van der Waals surface area contributed by atoms with Gasteiger partial charge < -0.3 is 10.4 Å². The number of rotatable bonds is 6. The zero-order valence-electron chi connectivity index (χ0n) is 13.6. The van der Waals surface area contributed by atoms with Crippen molar-refractivity contribution in [2.75, 3.05) is 0 Å². The minimum absolute atomic E-state index is 0.287. The largest absolute Gasteiger partial charge is 0.480 e. The van der Waals surface area contributed by atoms with Crippen LogP contribution < -0.4 is 5.32 Å². The van der Waals surface area contributed by atoms with Crippen LogP contribution in [0.15, 0.2) is 48.5 Å². The summed E-state index contributed by atoms with van der Waals surface area (Å²) >= 11 is 0. The minimum Gasteiger partial charge on any atom is -0.480 e. The van der Waals surface area contributed by atoms with E-state index >= 15 is 0 Å². The predicted octanol–water partition coefficient (Wildman–Crippen LogP) is 3.58. The van der Waals surface area contributed by atoms with Gasteiger partial charge in [0.05, 0.1) is 5.92 Å². The number of amides is 1. The molecule has 0 saturated heterocycles. The third-order valence-electron chi connectivity index (χ3n) is 3.99. The quantitative estimate of drug-likeness (QED) is 0.851. The molecule has 2 atom stereocenters. The zero-order chi connectivity index (χ0) is 17.7. The molecule has 0 bridgehead atoms. The van der Waals surface area contributed by atoms with E-state index in [1.165, 1.54) is 6.07 Å². The molecule has 0 saturated carbocycles. The number of benzene rings is 2. The van der Waals surface area contributed by atoms with Gasteiger partial charge in [0.2, 0.25) is 5.91 Å². The van der Waals surface area contributed by atoms with Gasteiger partial charge in [0, 0.05) is 5.56 Å². The van der Waals surface area contributed by atoms with Gasteiger partial charge in [-0.2, -0.15) is 0 Å². The predicted molar refractivity (Wildman–Crippen MR) is 90.1 cm³/mol. The molecule has 0 radical (unpaired) electrons. The summed E-state index contributed by atoms with van der Waals surface area (Å²) in [5.41, 5.74) is 1.73. The first-order valence-corrected chi connectivity index (χ1v) is 7.82. The fraction of sp³-hybridized carbons (Fsp3) is 0.263. The first kappa shape index (κ1) is 17.7. The van der Waals surface area contributed by atoms with Crippen molar-refractivity contribution in [1.29, 1.82) is 0 Å². The Balaban J connectivity index is 2.19. The van der Waals surface area contributed by atoms with Crippen molar-refractivity contribution in [2.24, 2.45) is 0 Å². The highest BCUT2D eigenvalue weighted by molar-refractivity contribution is 5.88. The Bertz CT molecular complexity index is 731. The van der Waals surface area contributed by atoms with E-state index in [0.29, 0.717) is 11.1 Å². The van der Waals surface area contributed by atoms with Crippen LogP contribution in [0.3, 0.4) is 0 Å². The van der Waals surface area contributed by atoms with Crippen LogP contribution in [0.4, 0.5) is 4.39 Å². The maximum absolute atomic E-state index is 14.4. The van der Waals surface area contributed by atoms with Crippen LogP contribution in [-0.4, -0.2) is 23.0 Å². The SMILES string of the molecule is CC[C@H](NC(=O)[C@H](C)c1ccc(-c2ccccc2)c(F)c1)C(=O)O. The number of carbonyl (C=O) groups excluding carboxylic acids is 1. The lowest BCUT2D eigenvalue weighted by Gasteiger charge is -2.17. The second-order valence-electron chi connectivity index (χ2n) is 5.63. The summed E-state index contributed by atoms with van der Waals surface area (Å²) in [6.45, 7) is 3.30. The van der Waals surface area contributed by atoms with E-state index in [4.69, 9.17) is 5.11 Å². The molecule has 4 nitrogen and oxygen atoms in total. The van der Waals surface area contributed by atoms with Gasteiger partial charge in [-0.15, -0.1) is 0 Å². The van der Waals surface area contributed by atoms with E-state index in [0.717, 1.165) is 5.56 Å². The van der Waals surface area contributed by atoms with Crippen LogP contribution >= 0.6 is 0 Å². The standard InChI is InChI=1S/C19H20FNO3/c1-3-17(19(23)24)21-18(22)12(2)14-9-10-15(16(20)11-14)13-7-5-4-6-8-13/h4-12,17H,3H2,1-2H3,(H,21,22)(H,23,24)/t12-,17+/m1/s1. The Kier molecular flexibility index (Phi) is 5.68. The molecule has 126 valence electrons. The fourth-order valence-electron chi connectivity index (χ4n) is 2.44. The maximum Gasteiger partial charge on any atom is 0.326 e. The van der Waals surface area contributed by atoms with Gasteiger partial charge in [-0.05, 0) is 30.5 Å². The molecule has 0 aliphatic carbocycles. The second-order valence-corrected chi connectivity index (χ2v) is 5.63. The zero-order valence-corrected chi connectivity index (χ0v) is 13.6. The van der Waals surface area contributed by atoms with Crippen molar-refractivity contribution in [3.8, 4) is 11.1 Å². The van der Waals surface area contributed by atoms with E-state index in [1.807, 2.05) is 30.3 Å². The summed E-state index contributed by atoms with van der Waals surface area (Å²) in [4.78, 5) is 23.2. The Morgan fingerprint density at radius 1 is 1.17 bits per heavy atom. The summed E-state index contributed by atoms with van der Waals surface area (Å²) in [5.74, 6) is -2.57. The summed E-state index contributed by atoms with van der Waals surface area (Å²) in [6, 6.07) is 12.9. The van der Waals surface area contributed by atoms with Gasteiger partial charge in [0.25, 0.3) is 0 Å². The van der Waals surface area contributed by atoms with Crippen molar-refractivity contribution < 1.29 is 19.1 Å². The average Bonchev–Trinajstić information content (AvgIpc) is 2.59. The van der Waals surface area contributed by atoms with Crippen LogP contribution in [0.2, 0.25) is 0 Å². The number of halogens is 1. The van der Waals surface area contributed by atoms with Crippen LogP contribution in [0.5, 0.6) is 0 Å². The van der Waals surface area contributed by atoms with E-state index < -0.39 is 29.7 Å². The Labute approximate surface area is 140 Å². The van der Waals surface area contributed by atoms with Gasteiger partial charge in [-0.1, -0.05) is 49.4 Å². The van der Waals surface area contributed by atoms with Crippen LogP contribution in [0.1, 0.15) is 31.7 Å². The highest BCUT2D eigenvalue weighted by Crippen LogP contribution is 2.26. The fourth-order valence-corrected chi connectivity index (χ4v) is 2.44. The maximum atomic E-state index is 14.4. The summed E-state index contributed by atoms with van der Waals surface area (Å²) in [7, 11) is 0. The molecule has 0 aliphatic heterocycles. The van der Waals surface area contributed by atoms with Gasteiger partial charge in [-0.25, -0.2) is 9.18 Å². The second kappa shape index (κ2) is 7.73. The molecule has 2 N–H and O–H groups in total. The lowest BCUT2D eigenvalue weighted by molar-refractivity contribution is -0.142. The first-order valence-electron chi connectivity index (χ1n) is 7.82. The molecule has 2 rings (SSSR count). The number of aliphatic carboxylic acids is 1. The average molecular weight is 329 g/mol. The Morgan fingerprint density at radius 3 is 2.38 bits per heavy atom. The van der Waals surface area contributed by atoms with E-state index in [9.17, 15) is 14.0 Å². The minimum atomic E-state index is -1.08. The topological polar surface area (TPSA) is 66.4 Å². The first-order chi connectivity index (χ1) is 11.4. The number of carboxylic acid groups (broad SMARTS) is 1. The molecular formula is C19H20FNO3. The molecule has 0 fully saturated rings. The summed E-state index contributed by atoms with van der Waals surface area (Å²) < 4.78 is 14.4. The molecule has 1 amide bonds. The van der Waals surface area contributed by atoms with Crippen LogP contribution in [-0.2, 0) is 9.59 Å². The lowest BCUT2D eigenvalue weighted by atomic mass is 9.96. The van der Waals surface area contributed by atoms with Crippen molar-refractivity contribution in [1.82, 2.24) is 5.32 Å². The molecule has 0 aromatic heterocycles. The molecule has 0 unspecified atom stereocenters. The molecule has 0 heterocycles. The van der Waals surface area contributed by atoms with Gasteiger partial charge >= 0.3 is 5.97 Å². The highest BCUT2D eigenvalue weighted by atomic mass is 19.1. The van der Waals surface area contributed by atoms with Gasteiger partial charge in [-0.3, -0.25) is 4.79 Å². The molecule has 0 spiro atoms. The van der Waals surface area contributed by atoms with E-state index in [-0.39, 0.29) is 6.42 Å².